The molecule has 0 amide bonds. The Morgan fingerprint density at radius 3 is 2.37 bits per heavy atom. The van der Waals surface area contributed by atoms with E-state index >= 15 is 0 Å². The molecule has 0 saturated heterocycles. The number of fused-ring (bicyclic) bond motifs is 1. The van der Waals surface area contributed by atoms with Crippen molar-refractivity contribution in [2.45, 2.75) is 32.6 Å². The van der Waals surface area contributed by atoms with Gasteiger partial charge in [0.25, 0.3) is 0 Å². The smallest absolute Gasteiger partial charge is 0.194 e. The van der Waals surface area contributed by atoms with E-state index in [0.29, 0.717) is 6.42 Å². The highest BCUT2D eigenvalue weighted by Crippen LogP contribution is 2.34. The molecule has 0 spiro atoms. The molecule has 3 aromatic heterocycles. The van der Waals surface area contributed by atoms with Crippen molar-refractivity contribution >= 4 is 16.3 Å². The van der Waals surface area contributed by atoms with Crippen LogP contribution in [-0.2, 0) is 11.8 Å². The van der Waals surface area contributed by atoms with Crippen LogP contribution in [0.25, 0.3) is 27.5 Å². The molecule has 5 heteroatoms. The molecule has 0 aliphatic heterocycles. The first-order valence-electron chi connectivity index (χ1n) is 8.86. The quantitative estimate of drug-likeness (QED) is 0.478. The van der Waals surface area contributed by atoms with Crippen molar-refractivity contribution < 1.29 is 0 Å². The van der Waals surface area contributed by atoms with Gasteiger partial charge in [0.15, 0.2) is 4.96 Å². The maximum Gasteiger partial charge on any atom is 0.194 e. The first-order chi connectivity index (χ1) is 13.0. The van der Waals surface area contributed by atoms with Gasteiger partial charge >= 0.3 is 0 Å². The molecule has 134 valence electrons. The summed E-state index contributed by atoms with van der Waals surface area (Å²) in [4.78, 5) is 9.80. The Morgan fingerprint density at radius 2 is 1.74 bits per heavy atom. The van der Waals surface area contributed by atoms with Crippen LogP contribution in [-0.4, -0.2) is 14.4 Å². The third kappa shape index (κ3) is 3.13. The fourth-order valence-corrected chi connectivity index (χ4v) is 4.15. The number of rotatable bonds is 3. The highest BCUT2D eigenvalue weighted by Gasteiger charge is 2.19. The molecule has 3 heterocycles. The van der Waals surface area contributed by atoms with E-state index in [4.69, 9.17) is 4.98 Å². The lowest BCUT2D eigenvalue weighted by atomic mass is 9.86. The summed E-state index contributed by atoms with van der Waals surface area (Å²) in [7, 11) is 0. The zero-order valence-electron chi connectivity index (χ0n) is 15.6. The normalized spacial score (nSPS) is 11.6. The highest BCUT2D eigenvalue weighted by molar-refractivity contribution is 7.15. The summed E-state index contributed by atoms with van der Waals surface area (Å²) in [5, 5.41) is 11.5. The molecule has 0 fully saturated rings. The van der Waals surface area contributed by atoms with E-state index in [-0.39, 0.29) is 5.41 Å². The van der Waals surface area contributed by atoms with Crippen molar-refractivity contribution in [2.75, 3.05) is 0 Å². The Kier molecular flexibility index (Phi) is 4.29. The molecule has 4 rings (SSSR count). The second-order valence-electron chi connectivity index (χ2n) is 7.54. The second-order valence-corrected chi connectivity index (χ2v) is 8.38. The lowest BCUT2D eigenvalue weighted by Gasteiger charge is -2.19. The van der Waals surface area contributed by atoms with Gasteiger partial charge < -0.3 is 0 Å². The summed E-state index contributed by atoms with van der Waals surface area (Å²) in [6.45, 7) is 6.64. The number of aromatic nitrogens is 3. The third-order valence-corrected chi connectivity index (χ3v) is 5.53. The van der Waals surface area contributed by atoms with Gasteiger partial charge in [-0.25, -0.2) is 4.98 Å². The average molecular weight is 372 g/mol. The number of hydrogen-bond donors (Lipinski definition) is 0. The van der Waals surface area contributed by atoms with Gasteiger partial charge in [-0.2, -0.15) is 5.26 Å². The van der Waals surface area contributed by atoms with Gasteiger partial charge in [-0.1, -0.05) is 45.0 Å². The van der Waals surface area contributed by atoms with Gasteiger partial charge in [0.2, 0.25) is 0 Å². The van der Waals surface area contributed by atoms with E-state index < -0.39 is 0 Å². The number of pyridine rings is 1. The molecule has 1 aromatic carbocycles. The Bertz CT molecular complexity index is 1120. The van der Waals surface area contributed by atoms with Crippen LogP contribution in [0.3, 0.4) is 0 Å². The van der Waals surface area contributed by atoms with Crippen LogP contribution in [0.1, 0.15) is 32.0 Å². The molecular formula is C22H20N4S. The molecule has 0 unspecified atom stereocenters. The summed E-state index contributed by atoms with van der Waals surface area (Å²) >= 11 is 1.60. The van der Waals surface area contributed by atoms with Gasteiger partial charge in [-0.15, -0.1) is 11.3 Å². The van der Waals surface area contributed by atoms with Crippen molar-refractivity contribution in [3.8, 4) is 28.6 Å². The third-order valence-electron chi connectivity index (χ3n) is 4.71. The first kappa shape index (κ1) is 17.4. The predicted molar refractivity (Wildman–Crippen MR) is 110 cm³/mol. The SMILES string of the molecule is CC(C)(C)c1ccc(-c2csc3nc(-c4ccncc4)c(CC#N)n23)cc1. The lowest BCUT2D eigenvalue weighted by Crippen LogP contribution is -2.10. The zero-order valence-corrected chi connectivity index (χ0v) is 16.4. The van der Waals surface area contributed by atoms with Crippen molar-refractivity contribution in [3.05, 3.63) is 65.4 Å². The minimum absolute atomic E-state index is 0.123. The summed E-state index contributed by atoms with van der Waals surface area (Å²) in [6.07, 6.45) is 3.82. The van der Waals surface area contributed by atoms with Crippen molar-refractivity contribution in [1.82, 2.24) is 14.4 Å². The molecule has 0 radical (unpaired) electrons. The predicted octanol–water partition coefficient (Wildman–Crippen LogP) is 5.49. The minimum Gasteiger partial charge on any atom is -0.286 e. The van der Waals surface area contributed by atoms with Crippen LogP contribution in [0.4, 0.5) is 0 Å². The Balaban J connectivity index is 1.88. The van der Waals surface area contributed by atoms with E-state index in [1.54, 1.807) is 23.7 Å². The van der Waals surface area contributed by atoms with Gasteiger partial charge in [-0.05, 0) is 28.7 Å². The van der Waals surface area contributed by atoms with E-state index in [0.717, 1.165) is 33.2 Å². The summed E-state index contributed by atoms with van der Waals surface area (Å²) in [5.74, 6) is 0. The van der Waals surface area contributed by atoms with Gasteiger partial charge in [0.1, 0.15) is 0 Å². The lowest BCUT2D eigenvalue weighted by molar-refractivity contribution is 0.590. The van der Waals surface area contributed by atoms with Gasteiger partial charge in [0, 0.05) is 23.3 Å². The number of benzene rings is 1. The number of nitriles is 1. The molecule has 4 nitrogen and oxygen atoms in total. The topological polar surface area (TPSA) is 54.0 Å². The second kappa shape index (κ2) is 6.64. The summed E-state index contributed by atoms with van der Waals surface area (Å²) < 4.78 is 2.12. The highest BCUT2D eigenvalue weighted by atomic mass is 32.1. The molecule has 4 aromatic rings. The Labute approximate surface area is 162 Å². The fourth-order valence-electron chi connectivity index (χ4n) is 3.24. The maximum atomic E-state index is 9.39. The molecule has 0 aliphatic rings. The molecule has 0 bridgehead atoms. The Morgan fingerprint density at radius 1 is 1.04 bits per heavy atom. The number of hydrogen-bond acceptors (Lipinski definition) is 4. The number of thiazole rings is 1. The molecule has 0 saturated carbocycles. The largest absolute Gasteiger partial charge is 0.286 e. The number of nitrogens with zero attached hydrogens (tertiary/aromatic N) is 4. The first-order valence-corrected chi connectivity index (χ1v) is 9.74. The molecule has 0 N–H and O–H groups in total. The van der Waals surface area contributed by atoms with Crippen LogP contribution >= 0.6 is 11.3 Å². The van der Waals surface area contributed by atoms with Crippen LogP contribution in [0.2, 0.25) is 0 Å². The van der Waals surface area contributed by atoms with E-state index in [2.05, 4.69) is 65.9 Å². The van der Waals surface area contributed by atoms with Crippen LogP contribution < -0.4 is 0 Å². The van der Waals surface area contributed by atoms with Crippen molar-refractivity contribution in [2.24, 2.45) is 0 Å². The monoisotopic (exact) mass is 372 g/mol. The Hall–Kier alpha value is -2.97. The minimum atomic E-state index is 0.123. The van der Waals surface area contributed by atoms with Crippen LogP contribution in [0, 0.1) is 11.3 Å². The van der Waals surface area contributed by atoms with E-state index in [1.165, 1.54) is 5.56 Å². The summed E-state index contributed by atoms with van der Waals surface area (Å²) in [5.41, 5.74) is 6.41. The van der Waals surface area contributed by atoms with Crippen molar-refractivity contribution in [1.29, 1.82) is 5.26 Å². The molecule has 27 heavy (non-hydrogen) atoms. The van der Waals surface area contributed by atoms with E-state index in [9.17, 15) is 5.26 Å². The average Bonchev–Trinajstić information content (AvgIpc) is 3.22. The standard InChI is InChI=1S/C22H20N4S/c1-22(2,3)17-6-4-15(5-7-17)19-14-27-21-25-20(16-9-12-24-13-10-16)18(8-11-23)26(19)21/h4-7,9-10,12-14H,8H2,1-3H3. The summed E-state index contributed by atoms with van der Waals surface area (Å²) in [6, 6.07) is 14.9. The molecular weight excluding hydrogens is 352 g/mol. The number of imidazole rings is 1. The zero-order chi connectivity index (χ0) is 19.0. The molecule has 0 aliphatic carbocycles. The van der Waals surface area contributed by atoms with Gasteiger partial charge in [0.05, 0.1) is 29.6 Å². The van der Waals surface area contributed by atoms with E-state index in [1.807, 2.05) is 12.1 Å². The van der Waals surface area contributed by atoms with Crippen molar-refractivity contribution in [3.63, 3.8) is 0 Å². The van der Waals surface area contributed by atoms with Gasteiger partial charge in [-0.3, -0.25) is 9.38 Å². The maximum absolute atomic E-state index is 9.39. The molecule has 0 atom stereocenters. The fraction of sp³-hybridized carbons (Fsp3) is 0.227. The van der Waals surface area contributed by atoms with Crippen LogP contribution in [0.5, 0.6) is 0 Å². The van der Waals surface area contributed by atoms with Crippen LogP contribution in [0.15, 0.2) is 54.2 Å².